The van der Waals surface area contributed by atoms with Gasteiger partial charge in [-0.05, 0) is 18.6 Å². The van der Waals surface area contributed by atoms with Crippen LogP contribution in [0.1, 0.15) is 12.1 Å². The predicted molar refractivity (Wildman–Crippen MR) is 67.8 cm³/mol. The van der Waals surface area contributed by atoms with Gasteiger partial charge in [0.05, 0.1) is 12.3 Å². The van der Waals surface area contributed by atoms with Gasteiger partial charge in [-0.25, -0.2) is 0 Å². The van der Waals surface area contributed by atoms with Crippen LogP contribution in [-0.4, -0.2) is 36.3 Å². The average molecular weight is 237 g/mol. The predicted octanol–water partition coefficient (Wildman–Crippen LogP) is 0.942. The maximum Gasteiger partial charge on any atom is 0.122 e. The van der Waals surface area contributed by atoms with E-state index in [1.165, 1.54) is 0 Å². The first kappa shape index (κ1) is 11.3. The monoisotopic (exact) mass is 237 g/mol. The Hall–Kier alpha value is -1.20. The number of ether oxygens (including phenoxy) is 1. The second-order valence-electron chi connectivity index (χ2n) is 3.72. The van der Waals surface area contributed by atoms with Crippen LogP contribution in [-0.2, 0) is 4.74 Å². The first-order chi connectivity index (χ1) is 7.77. The first-order valence-corrected chi connectivity index (χ1v) is 5.77. The molecule has 5 heteroatoms. The molecule has 0 radical (unpaired) electrons. The zero-order valence-electron chi connectivity index (χ0n) is 9.06. The highest BCUT2D eigenvalue weighted by Crippen LogP contribution is 2.16. The molecule has 1 saturated heterocycles. The van der Waals surface area contributed by atoms with Gasteiger partial charge in [0.2, 0.25) is 0 Å². The Kier molecular flexibility index (Phi) is 3.69. The summed E-state index contributed by atoms with van der Waals surface area (Å²) in [5.74, 6) is 0. The van der Waals surface area contributed by atoms with Crippen molar-refractivity contribution in [3.8, 4) is 0 Å². The second kappa shape index (κ2) is 5.23. The number of pyridine rings is 1. The molecule has 1 aromatic heterocycles. The van der Waals surface area contributed by atoms with Crippen LogP contribution in [0.2, 0.25) is 0 Å². The second-order valence-corrected chi connectivity index (χ2v) is 4.16. The number of hydrogen-bond donors (Lipinski definition) is 1. The molecule has 0 bridgehead atoms. The topological polar surface area (TPSA) is 51.4 Å². The minimum atomic E-state index is 0.341. The summed E-state index contributed by atoms with van der Waals surface area (Å²) in [5.41, 5.74) is 7.36. The van der Waals surface area contributed by atoms with Gasteiger partial charge in [0.15, 0.2) is 0 Å². The minimum Gasteiger partial charge on any atom is -0.388 e. The van der Waals surface area contributed by atoms with Crippen LogP contribution < -0.4 is 10.6 Å². The molecule has 0 amide bonds. The molecule has 1 aromatic rings. The van der Waals surface area contributed by atoms with Gasteiger partial charge in [0.25, 0.3) is 0 Å². The van der Waals surface area contributed by atoms with E-state index in [0.717, 1.165) is 38.4 Å². The largest absolute Gasteiger partial charge is 0.388 e. The normalized spacial score (nSPS) is 16.9. The standard InChI is InChI=1S/C11H15N3OS/c12-11(16)10-8-9(2-3-13-10)14-4-1-6-15-7-5-14/h2-3,8H,1,4-7H2,(H2,12,16). The van der Waals surface area contributed by atoms with Crippen molar-refractivity contribution in [1.82, 2.24) is 4.98 Å². The third kappa shape index (κ3) is 2.68. The summed E-state index contributed by atoms with van der Waals surface area (Å²) in [5, 5.41) is 0. The van der Waals surface area contributed by atoms with E-state index in [2.05, 4.69) is 9.88 Å². The van der Waals surface area contributed by atoms with Crippen LogP contribution in [0.3, 0.4) is 0 Å². The number of aromatic nitrogens is 1. The van der Waals surface area contributed by atoms with Gasteiger partial charge in [-0.15, -0.1) is 0 Å². The molecule has 1 aliphatic rings. The lowest BCUT2D eigenvalue weighted by Crippen LogP contribution is -2.26. The zero-order chi connectivity index (χ0) is 11.4. The molecule has 1 aliphatic heterocycles. The van der Waals surface area contributed by atoms with Crippen LogP contribution in [0.25, 0.3) is 0 Å². The van der Waals surface area contributed by atoms with E-state index in [9.17, 15) is 0 Å². The van der Waals surface area contributed by atoms with E-state index < -0.39 is 0 Å². The molecule has 2 rings (SSSR count). The van der Waals surface area contributed by atoms with Gasteiger partial charge >= 0.3 is 0 Å². The van der Waals surface area contributed by atoms with Crippen molar-refractivity contribution in [2.45, 2.75) is 6.42 Å². The Balaban J connectivity index is 2.18. The Morgan fingerprint density at radius 3 is 3.12 bits per heavy atom. The van der Waals surface area contributed by atoms with Gasteiger partial charge in [0, 0.05) is 31.6 Å². The molecular weight excluding hydrogens is 222 g/mol. The number of nitrogens with zero attached hydrogens (tertiary/aromatic N) is 2. The van der Waals surface area contributed by atoms with Crippen molar-refractivity contribution in [1.29, 1.82) is 0 Å². The lowest BCUT2D eigenvalue weighted by atomic mass is 10.2. The van der Waals surface area contributed by atoms with Gasteiger partial charge in [-0.3, -0.25) is 4.98 Å². The van der Waals surface area contributed by atoms with Crippen LogP contribution in [0.15, 0.2) is 18.3 Å². The maximum atomic E-state index is 5.57. The molecule has 2 N–H and O–H groups in total. The summed E-state index contributed by atoms with van der Waals surface area (Å²) in [7, 11) is 0. The van der Waals surface area contributed by atoms with Gasteiger partial charge in [0.1, 0.15) is 4.99 Å². The number of hydrogen-bond acceptors (Lipinski definition) is 4. The Bertz CT molecular complexity index is 375. The molecule has 2 heterocycles. The van der Waals surface area contributed by atoms with Crippen molar-refractivity contribution >= 4 is 22.9 Å². The highest BCUT2D eigenvalue weighted by atomic mass is 32.1. The quantitative estimate of drug-likeness (QED) is 0.776. The smallest absolute Gasteiger partial charge is 0.122 e. The third-order valence-corrected chi connectivity index (χ3v) is 2.79. The summed E-state index contributed by atoms with van der Waals surface area (Å²) in [6.45, 7) is 3.51. The van der Waals surface area contributed by atoms with Crippen molar-refractivity contribution < 1.29 is 4.74 Å². The summed E-state index contributed by atoms with van der Waals surface area (Å²) in [6.07, 6.45) is 2.79. The average Bonchev–Trinajstić information content (AvgIpc) is 2.57. The van der Waals surface area contributed by atoms with Crippen molar-refractivity contribution in [3.05, 3.63) is 24.0 Å². The summed E-state index contributed by atoms with van der Waals surface area (Å²) in [4.78, 5) is 6.75. The molecule has 0 aromatic carbocycles. The molecule has 4 nitrogen and oxygen atoms in total. The van der Waals surface area contributed by atoms with Crippen LogP contribution in [0.4, 0.5) is 5.69 Å². The molecule has 0 unspecified atom stereocenters. The molecular formula is C11H15N3OS. The fourth-order valence-electron chi connectivity index (χ4n) is 1.76. The number of anilines is 1. The Labute approximate surface area is 100 Å². The van der Waals surface area contributed by atoms with E-state index in [0.29, 0.717) is 10.7 Å². The summed E-state index contributed by atoms with van der Waals surface area (Å²) in [6, 6.07) is 3.92. The number of nitrogens with two attached hydrogens (primary N) is 1. The van der Waals surface area contributed by atoms with Crippen LogP contribution in [0.5, 0.6) is 0 Å². The van der Waals surface area contributed by atoms with E-state index in [-0.39, 0.29) is 0 Å². The van der Waals surface area contributed by atoms with Gasteiger partial charge in [-0.2, -0.15) is 0 Å². The highest BCUT2D eigenvalue weighted by Gasteiger charge is 2.11. The fraction of sp³-hybridized carbons (Fsp3) is 0.455. The van der Waals surface area contributed by atoms with Gasteiger partial charge < -0.3 is 15.4 Å². The van der Waals surface area contributed by atoms with E-state index in [1.54, 1.807) is 6.20 Å². The molecule has 0 aliphatic carbocycles. The van der Waals surface area contributed by atoms with Crippen LogP contribution >= 0.6 is 12.2 Å². The van der Waals surface area contributed by atoms with E-state index >= 15 is 0 Å². The van der Waals surface area contributed by atoms with Crippen molar-refractivity contribution in [2.24, 2.45) is 5.73 Å². The van der Waals surface area contributed by atoms with Crippen LogP contribution in [0, 0.1) is 0 Å². The molecule has 0 saturated carbocycles. The Morgan fingerprint density at radius 2 is 2.31 bits per heavy atom. The van der Waals surface area contributed by atoms with E-state index in [1.807, 2.05) is 12.1 Å². The molecule has 16 heavy (non-hydrogen) atoms. The fourth-order valence-corrected chi connectivity index (χ4v) is 1.87. The third-order valence-electron chi connectivity index (χ3n) is 2.58. The van der Waals surface area contributed by atoms with Gasteiger partial charge in [-0.1, -0.05) is 12.2 Å². The van der Waals surface area contributed by atoms with E-state index in [4.69, 9.17) is 22.7 Å². The minimum absolute atomic E-state index is 0.341. The first-order valence-electron chi connectivity index (χ1n) is 5.36. The summed E-state index contributed by atoms with van der Waals surface area (Å²) < 4.78 is 5.42. The Morgan fingerprint density at radius 1 is 1.44 bits per heavy atom. The molecule has 0 spiro atoms. The lowest BCUT2D eigenvalue weighted by molar-refractivity contribution is 0.152. The molecule has 1 fully saturated rings. The summed E-state index contributed by atoms with van der Waals surface area (Å²) >= 11 is 4.92. The lowest BCUT2D eigenvalue weighted by Gasteiger charge is -2.22. The van der Waals surface area contributed by atoms with Crippen molar-refractivity contribution in [2.75, 3.05) is 31.2 Å². The number of thiocarbonyl (C=S) groups is 1. The zero-order valence-corrected chi connectivity index (χ0v) is 9.87. The molecule has 86 valence electrons. The number of rotatable bonds is 2. The van der Waals surface area contributed by atoms with Crippen molar-refractivity contribution in [3.63, 3.8) is 0 Å². The SMILES string of the molecule is NC(=S)c1cc(N2CCCOCC2)ccn1. The highest BCUT2D eigenvalue weighted by molar-refractivity contribution is 7.80. The molecule has 0 atom stereocenters. The maximum absolute atomic E-state index is 5.57.